The maximum Gasteiger partial charge on any atom is 0.168 e. The molecule has 36 heavy (non-hydrogen) atoms. The van der Waals surface area contributed by atoms with Crippen LogP contribution in [0.5, 0.6) is 0 Å². The van der Waals surface area contributed by atoms with Gasteiger partial charge in [0.2, 0.25) is 0 Å². The third-order valence-electron chi connectivity index (χ3n) is 10.1. The zero-order valence-electron chi connectivity index (χ0n) is 20.3. The molecule has 0 unspecified atom stereocenters. The van der Waals surface area contributed by atoms with E-state index in [2.05, 4.69) is 20.4 Å². The van der Waals surface area contributed by atoms with Gasteiger partial charge in [-0.1, -0.05) is 0 Å². The van der Waals surface area contributed by atoms with Gasteiger partial charge in [-0.2, -0.15) is 0 Å². The van der Waals surface area contributed by atoms with Crippen molar-refractivity contribution in [2.24, 2.45) is 35.5 Å². The van der Waals surface area contributed by atoms with Gasteiger partial charge >= 0.3 is 0 Å². The summed E-state index contributed by atoms with van der Waals surface area (Å²) >= 11 is 0. The summed E-state index contributed by atoms with van der Waals surface area (Å²) in [5.41, 5.74) is -0.619. The normalized spacial score (nSPS) is 39.1. The van der Waals surface area contributed by atoms with Gasteiger partial charge in [0.25, 0.3) is 0 Å². The number of hydrogen-bond acceptors (Lipinski definition) is 5. The number of halogens is 3. The molecule has 5 nitrogen and oxygen atoms in total. The van der Waals surface area contributed by atoms with Gasteiger partial charge in [-0.25, -0.2) is 13.2 Å². The monoisotopic (exact) mass is 498 g/mol. The minimum absolute atomic E-state index is 0.0955. The van der Waals surface area contributed by atoms with Crippen molar-refractivity contribution in [3.63, 3.8) is 0 Å². The van der Waals surface area contributed by atoms with Gasteiger partial charge in [-0.3, -0.25) is 4.90 Å². The number of nitrogens with zero attached hydrogens (tertiary/aromatic N) is 3. The molecule has 0 spiro atoms. The fraction of sp³-hybridized carbons (Fsp3) is 0.643. The molecule has 5 aliphatic carbocycles. The zero-order chi connectivity index (χ0) is 24.6. The molecule has 8 heteroatoms. The van der Waals surface area contributed by atoms with E-state index in [-0.39, 0.29) is 17.3 Å². The molecule has 2 N–H and O–H groups in total. The van der Waals surface area contributed by atoms with Gasteiger partial charge in [-0.05, 0) is 98.7 Å². The molecule has 1 aromatic carbocycles. The van der Waals surface area contributed by atoms with Crippen molar-refractivity contribution in [3.05, 3.63) is 41.7 Å². The molecule has 0 amide bonds. The molecule has 192 valence electrons. The Balaban J connectivity index is 0.957. The van der Waals surface area contributed by atoms with Crippen LogP contribution in [-0.2, 0) is 0 Å². The van der Waals surface area contributed by atoms with Crippen LogP contribution in [0.1, 0.15) is 44.9 Å². The molecule has 2 heterocycles. The maximum atomic E-state index is 14.1. The highest BCUT2D eigenvalue weighted by molar-refractivity contribution is 5.60. The van der Waals surface area contributed by atoms with Gasteiger partial charge in [0.15, 0.2) is 11.6 Å². The molecule has 6 aliphatic rings. The SMILES string of the molecule is OC1(CN2C[C@H]3C[C@@H](Nc4ccc(-c5cc(F)cc(F)c5F)nn4)C[C@H]3C2)C2CC3CC(C2)CC1C3. The van der Waals surface area contributed by atoms with E-state index in [9.17, 15) is 18.3 Å². The number of fused-ring (bicyclic) bond motifs is 1. The zero-order valence-corrected chi connectivity index (χ0v) is 20.3. The molecule has 8 rings (SSSR count). The van der Waals surface area contributed by atoms with Gasteiger partial charge < -0.3 is 10.4 Å². The van der Waals surface area contributed by atoms with Gasteiger partial charge in [0.05, 0.1) is 11.3 Å². The van der Waals surface area contributed by atoms with Crippen LogP contribution in [0, 0.1) is 53.0 Å². The second-order valence-electron chi connectivity index (χ2n) is 12.4. The molecule has 3 atom stereocenters. The summed E-state index contributed by atoms with van der Waals surface area (Å²) in [5, 5.41) is 23.4. The summed E-state index contributed by atoms with van der Waals surface area (Å²) in [4.78, 5) is 2.54. The van der Waals surface area contributed by atoms with Crippen molar-refractivity contribution in [3.8, 4) is 11.3 Å². The first-order chi connectivity index (χ1) is 17.3. The van der Waals surface area contributed by atoms with Crippen LogP contribution < -0.4 is 5.32 Å². The van der Waals surface area contributed by atoms with Crippen LogP contribution in [0.3, 0.4) is 0 Å². The van der Waals surface area contributed by atoms with E-state index in [0.717, 1.165) is 50.4 Å². The van der Waals surface area contributed by atoms with Crippen molar-refractivity contribution in [1.82, 2.24) is 15.1 Å². The molecule has 4 bridgehead atoms. The van der Waals surface area contributed by atoms with E-state index in [1.165, 1.54) is 38.2 Å². The van der Waals surface area contributed by atoms with Gasteiger partial charge in [-0.15, -0.1) is 10.2 Å². The van der Waals surface area contributed by atoms with Gasteiger partial charge in [0.1, 0.15) is 11.6 Å². The number of likely N-dealkylation sites (tertiary alicyclic amines) is 1. The maximum absolute atomic E-state index is 14.1. The number of benzene rings is 1. The van der Waals surface area contributed by atoms with E-state index in [0.29, 0.717) is 35.6 Å². The quantitative estimate of drug-likeness (QED) is 0.576. The summed E-state index contributed by atoms with van der Waals surface area (Å²) in [6.45, 7) is 2.94. The van der Waals surface area contributed by atoms with Crippen molar-refractivity contribution < 1.29 is 18.3 Å². The third-order valence-corrected chi connectivity index (χ3v) is 10.1. The predicted molar refractivity (Wildman–Crippen MR) is 129 cm³/mol. The Bertz CT molecular complexity index is 1120. The summed E-state index contributed by atoms with van der Waals surface area (Å²) in [6.07, 6.45) is 8.42. The lowest BCUT2D eigenvalue weighted by Crippen LogP contribution is -2.62. The van der Waals surface area contributed by atoms with Crippen LogP contribution in [0.25, 0.3) is 11.3 Å². The van der Waals surface area contributed by atoms with Crippen molar-refractivity contribution >= 4 is 5.82 Å². The Hall–Kier alpha value is -2.19. The molecular formula is C28H33F3N4O. The summed E-state index contributed by atoms with van der Waals surface area (Å²) in [6, 6.07) is 4.96. The fourth-order valence-corrected chi connectivity index (χ4v) is 8.77. The number of hydrogen-bond donors (Lipinski definition) is 2. The molecule has 2 aromatic rings. The van der Waals surface area contributed by atoms with Crippen molar-refractivity contribution in [1.29, 1.82) is 0 Å². The lowest BCUT2D eigenvalue weighted by molar-refractivity contribution is -0.181. The first kappa shape index (κ1) is 23.0. The lowest BCUT2D eigenvalue weighted by atomic mass is 9.50. The molecule has 5 saturated carbocycles. The lowest BCUT2D eigenvalue weighted by Gasteiger charge is -2.59. The Kier molecular flexibility index (Phi) is 5.37. The van der Waals surface area contributed by atoms with Crippen LogP contribution in [0.15, 0.2) is 24.3 Å². The average Bonchev–Trinajstić information content (AvgIpc) is 3.38. The third kappa shape index (κ3) is 3.83. The van der Waals surface area contributed by atoms with E-state index in [1.807, 2.05) is 0 Å². The standard InChI is InChI=1S/C28H33F3N4O/c29-21-10-23(27(31)24(30)11-21)25-1-2-26(34-33-25)32-22-8-17-12-35(13-18(17)9-22)14-28(36)19-4-15-3-16(6-19)7-20(28)5-15/h1-2,10-11,15-20,22,36H,3-9,12-14H2,(H,32,34)/t15?,16?,17-,18+,19?,20?,22-,28?. The Labute approximate surface area is 209 Å². The average molecular weight is 499 g/mol. The van der Waals surface area contributed by atoms with E-state index in [4.69, 9.17) is 0 Å². The largest absolute Gasteiger partial charge is 0.388 e. The fourth-order valence-electron chi connectivity index (χ4n) is 8.77. The highest BCUT2D eigenvalue weighted by Gasteiger charge is 2.57. The molecule has 1 saturated heterocycles. The molecule has 1 aliphatic heterocycles. The first-order valence-electron chi connectivity index (χ1n) is 13.5. The highest BCUT2D eigenvalue weighted by atomic mass is 19.2. The smallest absolute Gasteiger partial charge is 0.168 e. The van der Waals surface area contributed by atoms with E-state index >= 15 is 0 Å². The molecule has 6 fully saturated rings. The summed E-state index contributed by atoms with van der Waals surface area (Å²) < 4.78 is 41.2. The predicted octanol–water partition coefficient (Wildman–Crippen LogP) is 4.87. The Morgan fingerprint density at radius 1 is 0.889 bits per heavy atom. The highest BCUT2D eigenvalue weighted by Crippen LogP contribution is 2.58. The number of rotatable bonds is 5. The number of aromatic nitrogens is 2. The van der Waals surface area contributed by atoms with Crippen molar-refractivity contribution in [2.75, 3.05) is 25.0 Å². The van der Waals surface area contributed by atoms with Crippen molar-refractivity contribution in [2.45, 2.75) is 56.6 Å². The number of β-amino-alcohol motifs (C(OH)–C–C–N with tert-alkyl or cyclic N) is 1. The minimum Gasteiger partial charge on any atom is -0.388 e. The van der Waals surface area contributed by atoms with Crippen LogP contribution in [-0.4, -0.2) is 51.5 Å². The van der Waals surface area contributed by atoms with Gasteiger partial charge in [0, 0.05) is 37.3 Å². The van der Waals surface area contributed by atoms with E-state index < -0.39 is 23.1 Å². The van der Waals surface area contributed by atoms with Crippen LogP contribution in [0.2, 0.25) is 0 Å². The number of aliphatic hydroxyl groups is 1. The number of nitrogens with one attached hydrogen (secondary N) is 1. The van der Waals surface area contributed by atoms with Crippen LogP contribution >= 0.6 is 0 Å². The minimum atomic E-state index is -1.24. The summed E-state index contributed by atoms with van der Waals surface area (Å²) in [5.74, 6) is 1.32. The summed E-state index contributed by atoms with van der Waals surface area (Å²) in [7, 11) is 0. The Morgan fingerprint density at radius 3 is 2.17 bits per heavy atom. The van der Waals surface area contributed by atoms with E-state index in [1.54, 1.807) is 6.07 Å². The first-order valence-corrected chi connectivity index (χ1v) is 13.5. The van der Waals surface area contributed by atoms with Crippen LogP contribution in [0.4, 0.5) is 19.0 Å². The second-order valence-corrected chi connectivity index (χ2v) is 12.4. The Morgan fingerprint density at radius 2 is 1.56 bits per heavy atom. The molecule has 0 radical (unpaired) electrons. The second kappa shape index (κ2) is 8.42. The molecular weight excluding hydrogens is 465 g/mol. The molecule has 1 aromatic heterocycles. The topological polar surface area (TPSA) is 61.3 Å². The number of anilines is 1.